The number of rotatable bonds is 6. The molecular weight excluding hydrogens is 523 g/mol. The van der Waals surface area contributed by atoms with Gasteiger partial charge in [0.05, 0.1) is 28.0 Å². The number of aryl methyl sites for hydroxylation is 1. The summed E-state index contributed by atoms with van der Waals surface area (Å²) in [4.78, 5) is 26.6. The topological polar surface area (TPSA) is 125 Å². The van der Waals surface area contributed by atoms with Crippen molar-refractivity contribution in [2.45, 2.75) is 66.9 Å². The van der Waals surface area contributed by atoms with Gasteiger partial charge in [-0.05, 0) is 49.8 Å². The van der Waals surface area contributed by atoms with E-state index in [2.05, 4.69) is 10.4 Å². The maximum Gasteiger partial charge on any atom is 0.417 e. The van der Waals surface area contributed by atoms with Crippen molar-refractivity contribution in [2.75, 3.05) is 6.54 Å². The lowest BCUT2D eigenvalue weighted by Crippen LogP contribution is -2.50. The van der Waals surface area contributed by atoms with Crippen LogP contribution >= 0.6 is 0 Å². The highest BCUT2D eigenvalue weighted by molar-refractivity contribution is 7.92. The monoisotopic (exact) mass is 549 g/mol. The summed E-state index contributed by atoms with van der Waals surface area (Å²) in [6.07, 6.45) is -0.424. The zero-order valence-electron chi connectivity index (χ0n) is 20.7. The lowest BCUT2D eigenvalue weighted by atomic mass is 10.1. The minimum Gasteiger partial charge on any atom is -0.336 e. The quantitative estimate of drug-likeness (QED) is 0.591. The number of halogens is 3. The number of nitrogens with one attached hydrogen (secondary N) is 1. The van der Waals surface area contributed by atoms with E-state index in [4.69, 9.17) is 0 Å². The number of nitrogens with zero attached hydrogens (tertiary/aromatic N) is 4. The molecule has 3 fully saturated rings. The predicted octanol–water partition coefficient (Wildman–Crippen LogP) is 2.82. The van der Waals surface area contributed by atoms with Gasteiger partial charge in [0.15, 0.2) is 9.84 Å². The third kappa shape index (κ3) is 4.55. The molecule has 2 aliphatic carbocycles. The van der Waals surface area contributed by atoms with Crippen LogP contribution in [0, 0.1) is 16.7 Å². The smallest absolute Gasteiger partial charge is 0.336 e. The number of alkyl halides is 3. The van der Waals surface area contributed by atoms with E-state index in [9.17, 15) is 36.4 Å². The van der Waals surface area contributed by atoms with Crippen molar-refractivity contribution >= 4 is 21.7 Å². The third-order valence-electron chi connectivity index (χ3n) is 7.74. The van der Waals surface area contributed by atoms with Crippen molar-refractivity contribution < 1.29 is 31.2 Å². The number of carbonyl (C=O) groups is 2. The number of aromatic nitrogens is 2. The highest BCUT2D eigenvalue weighted by Gasteiger charge is 2.55. The molecule has 1 N–H and O–H groups in total. The van der Waals surface area contributed by atoms with Gasteiger partial charge in [-0.2, -0.15) is 23.5 Å². The number of carbonyl (C=O) groups excluding carboxylic acids is 2. The average Bonchev–Trinajstić information content (AvgIpc) is 3.69. The van der Waals surface area contributed by atoms with Gasteiger partial charge in [0.25, 0.3) is 0 Å². The Morgan fingerprint density at radius 3 is 2.39 bits per heavy atom. The van der Waals surface area contributed by atoms with Crippen LogP contribution in [0.1, 0.15) is 44.6 Å². The number of hydrogen-bond donors (Lipinski definition) is 1. The molecule has 1 aliphatic heterocycles. The minimum absolute atomic E-state index is 0.151. The second kappa shape index (κ2) is 8.56. The molecule has 2 amide bonds. The molecule has 9 nitrogen and oxygen atoms in total. The number of amides is 2. The molecule has 1 aromatic carbocycles. The molecule has 2 saturated carbocycles. The molecule has 38 heavy (non-hydrogen) atoms. The highest BCUT2D eigenvalue weighted by atomic mass is 32.2. The van der Waals surface area contributed by atoms with Gasteiger partial charge in [-0.25, -0.2) is 8.42 Å². The van der Waals surface area contributed by atoms with Crippen molar-refractivity contribution in [3.63, 3.8) is 0 Å². The highest BCUT2D eigenvalue weighted by Crippen LogP contribution is 2.48. The fourth-order valence-corrected chi connectivity index (χ4v) is 6.77. The van der Waals surface area contributed by atoms with E-state index in [1.54, 1.807) is 14.0 Å². The molecule has 13 heteroatoms. The summed E-state index contributed by atoms with van der Waals surface area (Å²) in [7, 11) is -3.01. The van der Waals surface area contributed by atoms with Crippen LogP contribution in [-0.4, -0.2) is 58.3 Å². The van der Waals surface area contributed by atoms with Gasteiger partial charge in [-0.15, -0.1) is 0 Å². The molecular formula is C25H26F3N5O4S. The number of likely N-dealkylation sites (tertiary alicyclic amines) is 1. The van der Waals surface area contributed by atoms with Gasteiger partial charge < -0.3 is 10.2 Å². The van der Waals surface area contributed by atoms with E-state index in [1.807, 2.05) is 6.07 Å². The van der Waals surface area contributed by atoms with Crippen molar-refractivity contribution in [1.29, 1.82) is 5.26 Å². The Balaban J connectivity index is 1.50. The summed E-state index contributed by atoms with van der Waals surface area (Å²) in [6, 6.07) is 3.82. The Morgan fingerprint density at radius 1 is 1.18 bits per heavy atom. The zero-order valence-corrected chi connectivity index (χ0v) is 21.6. The Morgan fingerprint density at radius 2 is 1.87 bits per heavy atom. The van der Waals surface area contributed by atoms with Crippen molar-refractivity contribution in [2.24, 2.45) is 12.5 Å². The third-order valence-corrected chi connectivity index (χ3v) is 9.93. The van der Waals surface area contributed by atoms with E-state index in [0.717, 1.165) is 12.1 Å². The summed E-state index contributed by atoms with van der Waals surface area (Å²) < 4.78 is 71.1. The molecule has 1 saturated heterocycles. The molecule has 3 aliphatic rings. The van der Waals surface area contributed by atoms with Gasteiger partial charge >= 0.3 is 6.18 Å². The van der Waals surface area contributed by atoms with Crippen LogP contribution in [0.3, 0.4) is 0 Å². The Kier molecular flexibility index (Phi) is 5.90. The van der Waals surface area contributed by atoms with Gasteiger partial charge in [0.1, 0.15) is 11.6 Å². The normalized spacial score (nSPS) is 23.5. The number of sulfone groups is 1. The van der Waals surface area contributed by atoms with Gasteiger partial charge in [0, 0.05) is 30.8 Å². The molecule has 2 atom stereocenters. The van der Waals surface area contributed by atoms with E-state index >= 15 is 0 Å². The second-order valence-corrected chi connectivity index (χ2v) is 12.9. The van der Waals surface area contributed by atoms with Crippen molar-refractivity contribution in [3.05, 3.63) is 36.2 Å². The Labute approximate surface area is 217 Å². The molecule has 2 heterocycles. The van der Waals surface area contributed by atoms with E-state index in [1.165, 1.54) is 28.0 Å². The van der Waals surface area contributed by atoms with E-state index < -0.39 is 67.1 Å². The first kappa shape index (κ1) is 26.2. The lowest BCUT2D eigenvalue weighted by molar-refractivity contribution is -0.142. The van der Waals surface area contributed by atoms with Crippen molar-refractivity contribution in [1.82, 2.24) is 20.0 Å². The van der Waals surface area contributed by atoms with Crippen LogP contribution in [0.15, 0.2) is 35.5 Å². The Bertz CT molecular complexity index is 1470. The second-order valence-electron chi connectivity index (χ2n) is 10.7. The molecule has 0 bridgehead atoms. The summed E-state index contributed by atoms with van der Waals surface area (Å²) in [6.45, 7) is 1.30. The molecule has 5 rings (SSSR count). The Hall–Kier alpha value is -3.40. The number of hydrogen-bond acceptors (Lipinski definition) is 6. The van der Waals surface area contributed by atoms with Gasteiger partial charge in [-0.1, -0.05) is 13.0 Å². The summed E-state index contributed by atoms with van der Waals surface area (Å²) in [5.41, 5.74) is -2.55. The largest absolute Gasteiger partial charge is 0.417 e. The maximum absolute atomic E-state index is 14.1. The van der Waals surface area contributed by atoms with Crippen LogP contribution < -0.4 is 5.32 Å². The van der Waals surface area contributed by atoms with Crippen molar-refractivity contribution in [3.8, 4) is 17.2 Å². The number of benzene rings is 1. The number of nitriles is 1. The molecule has 202 valence electrons. The molecule has 2 aromatic rings. The SMILES string of the molecule is Cn1cc(-c2ccc(S(=O)(=O)C3CC(C(=O)NC4(C#N)CC4)N(C(=O)C4(C)CC4)C3)c(C(F)(F)F)c2)cn1. The minimum atomic E-state index is -4.97. The zero-order chi connectivity index (χ0) is 27.7. The average molecular weight is 550 g/mol. The van der Waals surface area contributed by atoms with E-state index in [0.29, 0.717) is 31.2 Å². The van der Waals surface area contributed by atoms with Crippen LogP contribution in [0.5, 0.6) is 0 Å². The van der Waals surface area contributed by atoms with Crippen LogP contribution in [-0.2, 0) is 32.7 Å². The molecule has 2 unspecified atom stereocenters. The van der Waals surface area contributed by atoms with Crippen LogP contribution in [0.2, 0.25) is 0 Å². The van der Waals surface area contributed by atoms with Crippen LogP contribution in [0.25, 0.3) is 11.1 Å². The predicted molar refractivity (Wildman–Crippen MR) is 128 cm³/mol. The molecule has 0 radical (unpaired) electrons. The molecule has 1 aromatic heterocycles. The fourth-order valence-electron chi connectivity index (χ4n) is 4.88. The first-order chi connectivity index (χ1) is 17.7. The first-order valence-electron chi connectivity index (χ1n) is 12.2. The summed E-state index contributed by atoms with van der Waals surface area (Å²) >= 11 is 0. The van der Waals surface area contributed by atoms with E-state index in [-0.39, 0.29) is 12.0 Å². The van der Waals surface area contributed by atoms with Gasteiger partial charge in [0.2, 0.25) is 11.8 Å². The van der Waals surface area contributed by atoms with Gasteiger partial charge in [-0.3, -0.25) is 14.3 Å². The summed E-state index contributed by atoms with van der Waals surface area (Å²) in [5.74, 6) is -1.07. The summed E-state index contributed by atoms with van der Waals surface area (Å²) in [5, 5.41) is 14.5. The lowest BCUT2D eigenvalue weighted by Gasteiger charge is -2.27. The fraction of sp³-hybridized carbons (Fsp3) is 0.520. The first-order valence-corrected chi connectivity index (χ1v) is 13.7. The van der Waals surface area contributed by atoms with Crippen LogP contribution in [0.4, 0.5) is 13.2 Å². The maximum atomic E-state index is 14.1. The molecule has 0 spiro atoms. The standard InChI is InChI=1S/C25H26F3N5O4S/c1-23(5-6-23)22(35)33-13-17(10-19(33)21(34)31-24(14-29)7-8-24)38(36,37)20-4-3-15(9-18(20)25(26,27)28)16-11-30-32(2)12-16/h3-4,9,11-12,17,19H,5-8,10,13H2,1-2H3,(H,31,34).